The lowest BCUT2D eigenvalue weighted by Gasteiger charge is -2.35. The normalized spacial score (nSPS) is 17.3. The number of likely N-dealkylation sites (tertiary alicyclic amines) is 1. The number of hydrogen-bond donors (Lipinski definition) is 2. The number of amides is 1. The molecule has 1 atom stereocenters. The lowest BCUT2D eigenvalue weighted by Crippen LogP contribution is -2.46. The molecule has 1 aliphatic heterocycles. The molecule has 170 valence electrons. The molecule has 4 rings (SSSR count). The molecular weight excluding hydrogens is 462 g/mol. The second kappa shape index (κ2) is 10.7. The van der Waals surface area contributed by atoms with E-state index in [-0.39, 0.29) is 28.3 Å². The van der Waals surface area contributed by atoms with Crippen LogP contribution < -0.4 is 10.0 Å². The van der Waals surface area contributed by atoms with E-state index in [1.54, 1.807) is 5.38 Å². The zero-order valence-electron chi connectivity index (χ0n) is 17.7. The van der Waals surface area contributed by atoms with Gasteiger partial charge in [0.2, 0.25) is 10.0 Å². The summed E-state index contributed by atoms with van der Waals surface area (Å²) in [6, 6.07) is 15.8. The van der Waals surface area contributed by atoms with Crippen LogP contribution in [0.25, 0.3) is 0 Å². The Morgan fingerprint density at radius 3 is 2.66 bits per heavy atom. The summed E-state index contributed by atoms with van der Waals surface area (Å²) in [5, 5.41) is 6.54. The van der Waals surface area contributed by atoms with E-state index in [2.05, 4.69) is 27.1 Å². The molecule has 2 aromatic heterocycles. The van der Waals surface area contributed by atoms with E-state index >= 15 is 0 Å². The number of carbonyl (C=O) groups is 1. The monoisotopic (exact) mass is 489 g/mol. The first-order valence-corrected chi connectivity index (χ1v) is 13.9. The van der Waals surface area contributed by atoms with Crippen molar-refractivity contribution in [1.82, 2.24) is 14.9 Å². The molecule has 0 radical (unpaired) electrons. The third-order valence-electron chi connectivity index (χ3n) is 5.62. The molecule has 32 heavy (non-hydrogen) atoms. The number of nitrogens with one attached hydrogen (secondary N) is 2. The molecule has 3 aromatic rings. The second-order valence-corrected chi connectivity index (χ2v) is 11.5. The fourth-order valence-corrected chi connectivity index (χ4v) is 7.02. The summed E-state index contributed by atoms with van der Waals surface area (Å²) in [6.45, 7) is 2.58. The van der Waals surface area contributed by atoms with Crippen LogP contribution in [0.15, 0.2) is 64.2 Å². The molecule has 1 saturated heterocycles. The van der Waals surface area contributed by atoms with E-state index in [9.17, 15) is 13.2 Å². The number of benzene rings is 1. The summed E-state index contributed by atoms with van der Waals surface area (Å²) in [6.07, 6.45) is 3.31. The lowest BCUT2D eigenvalue weighted by molar-refractivity contribution is 0.0908. The maximum atomic E-state index is 12.9. The first-order valence-electron chi connectivity index (χ1n) is 10.7. The first kappa shape index (κ1) is 23.1. The minimum Gasteiger partial charge on any atom is -0.350 e. The van der Waals surface area contributed by atoms with Crippen molar-refractivity contribution in [2.24, 2.45) is 0 Å². The minimum absolute atomic E-state index is 0.0429. The average molecular weight is 490 g/mol. The van der Waals surface area contributed by atoms with Gasteiger partial charge in [-0.2, -0.15) is 0 Å². The van der Waals surface area contributed by atoms with Crippen molar-refractivity contribution >= 4 is 38.6 Å². The number of sulfonamides is 1. The highest BCUT2D eigenvalue weighted by molar-refractivity contribution is 7.89. The first-order chi connectivity index (χ1) is 15.5. The van der Waals surface area contributed by atoms with Crippen LogP contribution in [0.5, 0.6) is 0 Å². The largest absolute Gasteiger partial charge is 0.350 e. The number of hydrogen-bond acceptors (Lipinski definition) is 6. The highest BCUT2D eigenvalue weighted by atomic mass is 32.2. The second-order valence-electron chi connectivity index (χ2n) is 7.83. The van der Waals surface area contributed by atoms with Crippen LogP contribution in [0, 0.1) is 0 Å². The van der Waals surface area contributed by atoms with Crippen LogP contribution in [-0.4, -0.2) is 38.4 Å². The summed E-state index contributed by atoms with van der Waals surface area (Å²) in [5.41, 5.74) is 1.26. The smallest absolute Gasteiger partial charge is 0.262 e. The van der Waals surface area contributed by atoms with Gasteiger partial charge in [0, 0.05) is 30.6 Å². The fraction of sp³-hybridized carbons (Fsp3) is 0.348. The van der Waals surface area contributed by atoms with E-state index < -0.39 is 10.0 Å². The fourth-order valence-electron chi connectivity index (χ4n) is 3.94. The highest BCUT2D eigenvalue weighted by Gasteiger charge is 2.26. The summed E-state index contributed by atoms with van der Waals surface area (Å²) < 4.78 is 28.2. The van der Waals surface area contributed by atoms with E-state index in [1.165, 1.54) is 23.0 Å². The van der Waals surface area contributed by atoms with Gasteiger partial charge in [-0.1, -0.05) is 42.8 Å². The molecule has 0 bridgehead atoms. The van der Waals surface area contributed by atoms with Gasteiger partial charge < -0.3 is 5.32 Å². The van der Waals surface area contributed by atoms with Gasteiger partial charge in [0.05, 0.1) is 0 Å². The van der Waals surface area contributed by atoms with Crippen molar-refractivity contribution in [3.05, 3.63) is 74.6 Å². The number of piperidine rings is 1. The summed E-state index contributed by atoms with van der Waals surface area (Å²) >= 11 is 2.64. The Hall–Kier alpha value is -2.04. The van der Waals surface area contributed by atoms with Gasteiger partial charge in [-0.3, -0.25) is 9.69 Å². The molecule has 3 heterocycles. The van der Waals surface area contributed by atoms with Crippen molar-refractivity contribution in [2.75, 3.05) is 13.1 Å². The molecule has 6 nitrogen and oxygen atoms in total. The van der Waals surface area contributed by atoms with Crippen LogP contribution in [0.4, 0.5) is 0 Å². The third-order valence-corrected chi connectivity index (χ3v) is 8.98. The van der Waals surface area contributed by atoms with Crippen molar-refractivity contribution in [3.8, 4) is 0 Å². The maximum absolute atomic E-state index is 12.9. The molecule has 0 aliphatic carbocycles. The lowest BCUT2D eigenvalue weighted by atomic mass is 10.0. The molecule has 1 fully saturated rings. The van der Waals surface area contributed by atoms with E-state index in [1.807, 2.05) is 35.7 Å². The molecule has 1 amide bonds. The Balaban J connectivity index is 1.38. The Morgan fingerprint density at radius 2 is 1.88 bits per heavy atom. The molecule has 1 unspecified atom stereocenters. The van der Waals surface area contributed by atoms with Crippen LogP contribution in [-0.2, 0) is 23.1 Å². The molecule has 9 heteroatoms. The summed E-state index contributed by atoms with van der Waals surface area (Å²) in [7, 11) is -3.77. The quantitative estimate of drug-likeness (QED) is 0.475. The summed E-state index contributed by atoms with van der Waals surface area (Å²) in [5.74, 6) is -0.332. The standard InChI is InChI=1S/C23H27N3O3S3/c27-23(22-21(11-14-31-22)32(28,29)25-16-20-10-6-13-30-20)24-15-19-9-4-5-12-26(19)17-18-7-2-1-3-8-18/h1-3,6-8,10-11,13-14,19,25H,4-5,9,12,15-17H2,(H,24,27). The van der Waals surface area contributed by atoms with Gasteiger partial charge in [0.1, 0.15) is 9.77 Å². The van der Waals surface area contributed by atoms with Gasteiger partial charge in [-0.05, 0) is 47.8 Å². The molecule has 1 aromatic carbocycles. The third kappa shape index (κ3) is 5.85. The van der Waals surface area contributed by atoms with E-state index in [0.29, 0.717) is 6.54 Å². The number of rotatable bonds is 9. The van der Waals surface area contributed by atoms with Crippen LogP contribution in [0.1, 0.15) is 39.4 Å². The summed E-state index contributed by atoms with van der Waals surface area (Å²) in [4.78, 5) is 16.5. The van der Waals surface area contributed by atoms with Gasteiger partial charge in [-0.15, -0.1) is 22.7 Å². The van der Waals surface area contributed by atoms with Crippen molar-refractivity contribution in [2.45, 2.75) is 43.3 Å². The number of nitrogens with zero attached hydrogens (tertiary/aromatic N) is 1. The molecule has 1 aliphatic rings. The van der Waals surface area contributed by atoms with E-state index in [4.69, 9.17) is 0 Å². The van der Waals surface area contributed by atoms with E-state index in [0.717, 1.165) is 48.6 Å². The molecule has 0 saturated carbocycles. The average Bonchev–Trinajstić information content (AvgIpc) is 3.50. The zero-order valence-corrected chi connectivity index (χ0v) is 20.1. The van der Waals surface area contributed by atoms with Gasteiger partial charge in [-0.25, -0.2) is 13.1 Å². The van der Waals surface area contributed by atoms with Crippen LogP contribution in [0.2, 0.25) is 0 Å². The Labute approximate surface area is 197 Å². The van der Waals surface area contributed by atoms with Gasteiger partial charge in [0.25, 0.3) is 5.91 Å². The predicted molar refractivity (Wildman–Crippen MR) is 129 cm³/mol. The molecular formula is C23H27N3O3S3. The molecule has 0 spiro atoms. The molecule has 2 N–H and O–H groups in total. The Bertz CT molecular complexity index is 1110. The number of thiophene rings is 2. The van der Waals surface area contributed by atoms with Crippen LogP contribution >= 0.6 is 22.7 Å². The van der Waals surface area contributed by atoms with Gasteiger partial charge in [0.15, 0.2) is 0 Å². The topological polar surface area (TPSA) is 78.5 Å². The highest BCUT2D eigenvalue weighted by Crippen LogP contribution is 2.23. The van der Waals surface area contributed by atoms with Crippen molar-refractivity contribution in [3.63, 3.8) is 0 Å². The zero-order chi connectivity index (χ0) is 22.4. The predicted octanol–water partition coefficient (Wildman–Crippen LogP) is 4.07. The Morgan fingerprint density at radius 1 is 1.03 bits per heavy atom. The van der Waals surface area contributed by atoms with Gasteiger partial charge >= 0.3 is 0 Å². The Kier molecular flexibility index (Phi) is 7.75. The van der Waals surface area contributed by atoms with Crippen LogP contribution in [0.3, 0.4) is 0 Å². The SMILES string of the molecule is O=C(NCC1CCCCN1Cc1ccccc1)c1sccc1S(=O)(=O)NCc1cccs1. The number of carbonyl (C=O) groups excluding carboxylic acids is 1. The van der Waals surface area contributed by atoms with Crippen molar-refractivity contribution < 1.29 is 13.2 Å². The maximum Gasteiger partial charge on any atom is 0.262 e. The van der Waals surface area contributed by atoms with Crippen molar-refractivity contribution in [1.29, 1.82) is 0 Å². The minimum atomic E-state index is -3.77.